The number of hydrogen-bond donors (Lipinski definition) is 0. The predicted octanol–water partition coefficient (Wildman–Crippen LogP) is 11.7. The summed E-state index contributed by atoms with van der Waals surface area (Å²) in [7, 11) is 3.34. The fraction of sp³-hybridized carbons (Fsp3) is 0.362. The van der Waals surface area contributed by atoms with Crippen LogP contribution in [-0.4, -0.2) is 20.8 Å². The summed E-state index contributed by atoms with van der Waals surface area (Å²) in [5.74, 6) is 2.16. The zero-order chi connectivity index (χ0) is 36.2. The first kappa shape index (κ1) is 33.1. The highest BCUT2D eigenvalue weighted by Gasteiger charge is 2.56. The van der Waals surface area contributed by atoms with Crippen molar-refractivity contribution >= 4 is 22.5 Å². The molecule has 5 aromatic rings. The van der Waals surface area contributed by atoms with Gasteiger partial charge in [-0.15, -0.1) is 0 Å². The van der Waals surface area contributed by atoms with Gasteiger partial charge in [0.25, 0.3) is 0 Å². The average Bonchev–Trinajstić information content (AvgIpc) is 3.38. The smallest absolute Gasteiger partial charge is 0.178 e. The van der Waals surface area contributed by atoms with E-state index in [1.165, 1.54) is 27.8 Å². The molecule has 2 aliphatic carbocycles. The molecular weight excluding hydrogens is 646 g/mol. The van der Waals surface area contributed by atoms with Crippen LogP contribution in [0, 0.1) is 17.8 Å². The zero-order valence-corrected chi connectivity index (χ0v) is 31.5. The van der Waals surface area contributed by atoms with E-state index in [1.54, 1.807) is 14.2 Å². The van der Waals surface area contributed by atoms with E-state index in [0.717, 1.165) is 81.8 Å². The first-order chi connectivity index (χ1) is 24.9. The van der Waals surface area contributed by atoms with Crippen molar-refractivity contribution in [3.63, 3.8) is 0 Å². The Morgan fingerprint density at radius 2 is 1.48 bits per heavy atom. The third-order valence-electron chi connectivity index (χ3n) is 12.3. The minimum absolute atomic E-state index is 0.0986. The molecule has 0 radical (unpaired) electrons. The van der Waals surface area contributed by atoms with Crippen molar-refractivity contribution in [1.29, 1.82) is 0 Å². The summed E-state index contributed by atoms with van der Waals surface area (Å²) in [4.78, 5) is 0. The number of aryl methyl sites for hydroxylation is 2. The summed E-state index contributed by atoms with van der Waals surface area (Å²) >= 11 is 0. The summed E-state index contributed by atoms with van der Waals surface area (Å²) in [6.07, 6.45) is 9.30. The van der Waals surface area contributed by atoms with E-state index in [2.05, 4.69) is 107 Å². The molecule has 4 nitrogen and oxygen atoms in total. The summed E-state index contributed by atoms with van der Waals surface area (Å²) in [6, 6.07) is 28.0. The summed E-state index contributed by atoms with van der Waals surface area (Å²) < 4.78 is 35.4. The number of methoxy groups -OCH3 is 2. The van der Waals surface area contributed by atoms with E-state index in [4.69, 9.17) is 14.2 Å². The van der Waals surface area contributed by atoms with Crippen LogP contribution in [0.25, 0.3) is 28.0 Å². The molecule has 2 aliphatic heterocycles. The number of benzene rings is 5. The van der Waals surface area contributed by atoms with Gasteiger partial charge in [0, 0.05) is 27.5 Å². The van der Waals surface area contributed by atoms with Crippen molar-refractivity contribution in [3.8, 4) is 28.4 Å². The Hall–Kier alpha value is -4.77. The monoisotopic (exact) mass is 693 g/mol. The van der Waals surface area contributed by atoms with Crippen LogP contribution < -0.4 is 19.3 Å². The van der Waals surface area contributed by atoms with Crippen LogP contribution in [0.3, 0.4) is 0 Å². The van der Waals surface area contributed by atoms with Gasteiger partial charge in [-0.05, 0) is 107 Å². The molecule has 0 amide bonds. The molecule has 1 spiro atoms. The van der Waals surface area contributed by atoms with Crippen molar-refractivity contribution in [1.82, 2.24) is 0 Å². The number of halogens is 1. The van der Waals surface area contributed by atoms with Crippen LogP contribution in [0.1, 0.15) is 92.3 Å². The Labute approximate surface area is 307 Å². The van der Waals surface area contributed by atoms with Crippen LogP contribution in [0.2, 0.25) is 0 Å². The molecule has 0 aromatic heterocycles. The standard InChI is InChI=1S/C47H48FNO3/c1-29-14-16-30(17-15-29)47(31-18-20-32(50-6)21-19-31)23-22-35-41-40(33-11-8-9-13-37(33)46(41)27-44(2,3)26-45(4,5)28-46)39-34-12-10-24-49(48)42(34)38(51-7)25-36(39)43(35)52-47/h8-9,11,13-23,25H,10,12,24,26-28H2,1-7H3. The zero-order valence-electron chi connectivity index (χ0n) is 31.5. The molecule has 9 rings (SSSR count). The minimum Gasteiger partial charge on any atom is -0.497 e. The van der Waals surface area contributed by atoms with Gasteiger partial charge in [0.15, 0.2) is 5.60 Å². The maximum absolute atomic E-state index is 16.1. The molecule has 5 heteroatoms. The molecule has 0 N–H and O–H groups in total. The van der Waals surface area contributed by atoms with E-state index in [9.17, 15) is 0 Å². The van der Waals surface area contributed by atoms with Gasteiger partial charge < -0.3 is 14.2 Å². The van der Waals surface area contributed by atoms with E-state index >= 15 is 4.48 Å². The molecule has 1 unspecified atom stereocenters. The second kappa shape index (κ2) is 11.4. The predicted molar refractivity (Wildman–Crippen MR) is 210 cm³/mol. The van der Waals surface area contributed by atoms with Gasteiger partial charge in [-0.25, -0.2) is 5.12 Å². The lowest BCUT2D eigenvalue weighted by Gasteiger charge is -2.52. The molecule has 4 aliphatic rings. The van der Waals surface area contributed by atoms with E-state index in [0.29, 0.717) is 18.0 Å². The van der Waals surface area contributed by atoms with Crippen LogP contribution in [0.5, 0.6) is 17.2 Å². The van der Waals surface area contributed by atoms with Crippen molar-refractivity contribution < 1.29 is 18.7 Å². The number of rotatable bonds is 4. The maximum Gasteiger partial charge on any atom is 0.178 e. The Bertz CT molecular complexity index is 2270. The number of ether oxygens (including phenoxy) is 3. The number of fused-ring (bicyclic) bond motifs is 12. The van der Waals surface area contributed by atoms with Crippen molar-refractivity contribution in [2.75, 3.05) is 25.9 Å². The lowest BCUT2D eigenvalue weighted by atomic mass is 9.52. The first-order valence-corrected chi connectivity index (χ1v) is 18.8. The van der Waals surface area contributed by atoms with Crippen LogP contribution in [-0.2, 0) is 17.4 Å². The van der Waals surface area contributed by atoms with Crippen molar-refractivity contribution in [2.45, 2.75) is 77.7 Å². The second-order valence-electron chi connectivity index (χ2n) is 17.3. The van der Waals surface area contributed by atoms with Gasteiger partial charge >= 0.3 is 0 Å². The van der Waals surface area contributed by atoms with Gasteiger partial charge in [-0.1, -0.05) is 104 Å². The third-order valence-corrected chi connectivity index (χ3v) is 12.3. The van der Waals surface area contributed by atoms with Crippen LogP contribution in [0.15, 0.2) is 84.9 Å². The molecule has 1 saturated carbocycles. The largest absolute Gasteiger partial charge is 0.497 e. The quantitative estimate of drug-likeness (QED) is 0.175. The molecule has 52 heavy (non-hydrogen) atoms. The van der Waals surface area contributed by atoms with E-state index in [-0.39, 0.29) is 16.2 Å². The molecule has 2 heterocycles. The van der Waals surface area contributed by atoms with Gasteiger partial charge in [0.05, 0.1) is 20.8 Å². The fourth-order valence-electron chi connectivity index (χ4n) is 11.1. The normalized spacial score (nSPS) is 21.6. The topological polar surface area (TPSA) is 30.9 Å². The molecule has 0 bridgehead atoms. The Morgan fingerprint density at radius 1 is 0.808 bits per heavy atom. The third kappa shape index (κ3) is 4.70. The number of anilines is 1. The lowest BCUT2D eigenvalue weighted by molar-refractivity contribution is 0.0642. The van der Waals surface area contributed by atoms with Gasteiger partial charge in [-0.3, -0.25) is 0 Å². The summed E-state index contributed by atoms with van der Waals surface area (Å²) in [5, 5.41) is 2.97. The highest BCUT2D eigenvalue weighted by Crippen LogP contribution is 2.67. The van der Waals surface area contributed by atoms with Crippen molar-refractivity contribution in [2.24, 2.45) is 10.8 Å². The summed E-state index contributed by atoms with van der Waals surface area (Å²) in [6.45, 7) is 12.2. The SMILES string of the molecule is COc1ccc(C2(c3ccc(C)cc3)C=Cc3c4c(c5c6c(c(OC)cc5c3O2)N(F)CCC6)-c2ccccc2C42CC(C)(C)CC(C)(C)C2)cc1. The van der Waals surface area contributed by atoms with E-state index in [1.807, 2.05) is 18.2 Å². The molecule has 1 atom stereocenters. The van der Waals surface area contributed by atoms with E-state index < -0.39 is 5.60 Å². The van der Waals surface area contributed by atoms with Gasteiger partial charge in [-0.2, -0.15) is 0 Å². The molecule has 266 valence electrons. The first-order valence-electron chi connectivity index (χ1n) is 18.8. The Kier molecular flexibility index (Phi) is 7.23. The maximum atomic E-state index is 16.1. The molecular formula is C47H48FNO3. The molecule has 0 saturated heterocycles. The molecule has 5 aromatic carbocycles. The Balaban J connectivity index is 1.44. The fourth-order valence-corrected chi connectivity index (χ4v) is 11.1. The van der Waals surface area contributed by atoms with Crippen LogP contribution >= 0.6 is 0 Å². The molecule has 1 fully saturated rings. The second-order valence-corrected chi connectivity index (χ2v) is 17.3. The Morgan fingerprint density at radius 3 is 2.15 bits per heavy atom. The number of nitrogens with zero attached hydrogens (tertiary/aromatic N) is 1. The van der Waals surface area contributed by atoms with Crippen molar-refractivity contribution in [3.05, 3.63) is 124 Å². The van der Waals surface area contributed by atoms with Crippen LogP contribution in [0.4, 0.5) is 10.2 Å². The number of hydrogen-bond acceptors (Lipinski definition) is 4. The lowest BCUT2D eigenvalue weighted by Crippen LogP contribution is -2.44. The van der Waals surface area contributed by atoms with Gasteiger partial charge in [0.2, 0.25) is 0 Å². The summed E-state index contributed by atoms with van der Waals surface area (Å²) in [5.41, 5.74) is 10.2. The highest BCUT2D eigenvalue weighted by atomic mass is 19.2. The van der Waals surface area contributed by atoms with Gasteiger partial charge in [0.1, 0.15) is 22.9 Å². The minimum atomic E-state index is -0.923. The average molecular weight is 694 g/mol. The highest BCUT2D eigenvalue weighted by molar-refractivity contribution is 6.12.